The van der Waals surface area contributed by atoms with Gasteiger partial charge >= 0.3 is 0 Å². The second kappa shape index (κ2) is 4.48. The van der Waals surface area contributed by atoms with Gasteiger partial charge in [0.25, 0.3) is 5.91 Å². The minimum absolute atomic E-state index is 0.223. The van der Waals surface area contributed by atoms with Crippen LogP contribution in [0.15, 0.2) is 16.6 Å². The molecular formula is C7H12N2O3. The molecule has 0 aliphatic heterocycles. The zero-order valence-corrected chi connectivity index (χ0v) is 7.37. The summed E-state index contributed by atoms with van der Waals surface area (Å²) in [4.78, 5) is 22.4. The predicted molar refractivity (Wildman–Crippen MR) is 44.4 cm³/mol. The maximum Gasteiger partial charge on any atom is 0.279 e. The van der Waals surface area contributed by atoms with Crippen LogP contribution in [0.1, 0.15) is 13.3 Å². The van der Waals surface area contributed by atoms with E-state index in [1.165, 1.54) is 19.0 Å². The van der Waals surface area contributed by atoms with Gasteiger partial charge in [-0.25, -0.2) is 0 Å². The molecule has 0 heterocycles. The summed E-state index contributed by atoms with van der Waals surface area (Å²) in [6.07, 6.45) is 0.223. The highest BCUT2D eigenvalue weighted by molar-refractivity contribution is 5.93. The van der Waals surface area contributed by atoms with Crippen molar-refractivity contribution in [2.45, 2.75) is 13.3 Å². The first kappa shape index (κ1) is 10.6. The summed E-state index contributed by atoms with van der Waals surface area (Å²) in [5.74, 6) is -0.854. The molecule has 0 rings (SSSR count). The van der Waals surface area contributed by atoms with Crippen LogP contribution >= 0.6 is 0 Å². The van der Waals surface area contributed by atoms with Crippen LogP contribution in [-0.4, -0.2) is 30.0 Å². The van der Waals surface area contributed by atoms with E-state index in [4.69, 9.17) is 5.11 Å². The maximum absolute atomic E-state index is 11.1. The smallest absolute Gasteiger partial charge is 0.279 e. The fourth-order valence-corrected chi connectivity index (χ4v) is 0.594. The Bertz CT molecular complexity index is 221. The second-order valence-corrected chi connectivity index (χ2v) is 2.44. The third-order valence-corrected chi connectivity index (χ3v) is 1.31. The maximum atomic E-state index is 11.1. The number of hydrogen-bond acceptors (Lipinski definition) is 4. The molecule has 0 spiro atoms. The van der Waals surface area contributed by atoms with Gasteiger partial charge in [-0.1, -0.05) is 6.92 Å². The molecule has 12 heavy (non-hydrogen) atoms. The summed E-state index contributed by atoms with van der Waals surface area (Å²) >= 11 is 0. The number of carbonyl (C=O) groups is 1. The molecule has 0 bridgehead atoms. The first-order valence-electron chi connectivity index (χ1n) is 3.51. The van der Waals surface area contributed by atoms with Gasteiger partial charge in [-0.15, -0.1) is 4.91 Å². The molecule has 5 nitrogen and oxygen atoms in total. The number of carbonyl (C=O) groups excluding carboxylic acids is 1. The standard InChI is InChI=1S/C7H12N2O3/c1-4-5(10)6(8-12)7(11)9(2)3/h10H,4H2,1-3H3. The summed E-state index contributed by atoms with van der Waals surface area (Å²) in [5.41, 5.74) is -0.414. The number of nitrogens with zero attached hydrogens (tertiary/aromatic N) is 2. The van der Waals surface area contributed by atoms with Gasteiger partial charge < -0.3 is 10.0 Å². The zero-order valence-electron chi connectivity index (χ0n) is 7.37. The van der Waals surface area contributed by atoms with Gasteiger partial charge in [0.1, 0.15) is 5.76 Å². The van der Waals surface area contributed by atoms with Crippen LogP contribution in [0, 0.1) is 4.91 Å². The van der Waals surface area contributed by atoms with E-state index in [2.05, 4.69) is 5.18 Å². The molecule has 1 N–H and O–H groups in total. The average molecular weight is 172 g/mol. The first-order chi connectivity index (χ1) is 5.54. The summed E-state index contributed by atoms with van der Waals surface area (Å²) in [6, 6.07) is 0. The van der Waals surface area contributed by atoms with E-state index in [9.17, 15) is 9.70 Å². The normalized spacial score (nSPS) is 11.9. The van der Waals surface area contributed by atoms with Crippen LogP contribution in [0.25, 0.3) is 0 Å². The molecule has 1 amide bonds. The summed E-state index contributed by atoms with van der Waals surface area (Å²) in [7, 11) is 2.97. The van der Waals surface area contributed by atoms with Crippen molar-refractivity contribution in [3.05, 3.63) is 16.4 Å². The molecule has 0 saturated heterocycles. The van der Waals surface area contributed by atoms with Crippen molar-refractivity contribution in [3.8, 4) is 0 Å². The minimum atomic E-state index is -0.579. The van der Waals surface area contributed by atoms with Gasteiger partial charge in [-0.3, -0.25) is 4.79 Å². The van der Waals surface area contributed by atoms with Crippen molar-refractivity contribution in [1.82, 2.24) is 4.90 Å². The Hall–Kier alpha value is -1.39. The van der Waals surface area contributed by atoms with Gasteiger partial charge in [-0.2, -0.15) is 0 Å². The van der Waals surface area contributed by atoms with Gasteiger partial charge in [-0.05, 0) is 5.18 Å². The van der Waals surface area contributed by atoms with Crippen LogP contribution in [0.5, 0.6) is 0 Å². The van der Waals surface area contributed by atoms with E-state index >= 15 is 0 Å². The van der Waals surface area contributed by atoms with E-state index in [-0.39, 0.29) is 12.2 Å². The number of hydrogen-bond donors (Lipinski definition) is 1. The molecule has 68 valence electrons. The van der Waals surface area contributed by atoms with Crippen LogP contribution < -0.4 is 0 Å². The van der Waals surface area contributed by atoms with Crippen LogP contribution in [-0.2, 0) is 4.79 Å². The number of allylic oxidation sites excluding steroid dienone is 1. The number of likely N-dealkylation sites (N-methyl/N-ethyl adjacent to an activating group) is 1. The largest absolute Gasteiger partial charge is 0.510 e. The Morgan fingerprint density at radius 3 is 2.25 bits per heavy atom. The Morgan fingerprint density at radius 1 is 1.50 bits per heavy atom. The molecule has 0 aliphatic rings. The number of nitroso groups, excluding NO2 is 1. The van der Waals surface area contributed by atoms with Crippen molar-refractivity contribution >= 4 is 5.91 Å². The van der Waals surface area contributed by atoms with Crippen molar-refractivity contribution in [3.63, 3.8) is 0 Å². The van der Waals surface area contributed by atoms with E-state index in [1.807, 2.05) is 0 Å². The highest BCUT2D eigenvalue weighted by Crippen LogP contribution is 2.08. The van der Waals surface area contributed by atoms with E-state index in [1.54, 1.807) is 6.92 Å². The molecule has 5 heteroatoms. The third-order valence-electron chi connectivity index (χ3n) is 1.31. The molecule has 0 saturated carbocycles. The Morgan fingerprint density at radius 2 is 2.00 bits per heavy atom. The van der Waals surface area contributed by atoms with Crippen LogP contribution in [0.4, 0.5) is 0 Å². The summed E-state index contributed by atoms with van der Waals surface area (Å²) in [5, 5.41) is 11.5. The lowest BCUT2D eigenvalue weighted by Gasteiger charge is -2.08. The zero-order chi connectivity index (χ0) is 9.72. The predicted octanol–water partition coefficient (Wildman–Crippen LogP) is 1.02. The monoisotopic (exact) mass is 172 g/mol. The number of amides is 1. The van der Waals surface area contributed by atoms with Gasteiger partial charge in [0, 0.05) is 20.5 Å². The van der Waals surface area contributed by atoms with Crippen molar-refractivity contribution in [2.75, 3.05) is 14.1 Å². The topological polar surface area (TPSA) is 70.0 Å². The van der Waals surface area contributed by atoms with Crippen molar-refractivity contribution < 1.29 is 9.90 Å². The third kappa shape index (κ3) is 2.34. The lowest BCUT2D eigenvalue weighted by molar-refractivity contribution is -0.125. The summed E-state index contributed by atoms with van der Waals surface area (Å²) in [6.45, 7) is 1.63. The SMILES string of the molecule is CCC(O)=C(N=O)C(=O)N(C)C. The van der Waals surface area contributed by atoms with Gasteiger partial charge in [0.15, 0.2) is 0 Å². The molecule has 0 aromatic heterocycles. The molecule has 0 aliphatic carbocycles. The molecule has 0 radical (unpaired) electrons. The van der Waals surface area contributed by atoms with Crippen molar-refractivity contribution in [2.24, 2.45) is 5.18 Å². The molecular weight excluding hydrogens is 160 g/mol. The van der Waals surface area contributed by atoms with Gasteiger partial charge in [0.05, 0.1) is 0 Å². The van der Waals surface area contributed by atoms with E-state index in [0.29, 0.717) is 0 Å². The van der Waals surface area contributed by atoms with Crippen LogP contribution in [0.3, 0.4) is 0 Å². The number of aliphatic hydroxyl groups excluding tert-OH is 1. The van der Waals surface area contributed by atoms with E-state index < -0.39 is 11.6 Å². The Balaban J connectivity index is 4.79. The molecule has 0 aromatic carbocycles. The second-order valence-electron chi connectivity index (χ2n) is 2.44. The average Bonchev–Trinajstić information content (AvgIpc) is 2.05. The highest BCUT2D eigenvalue weighted by atomic mass is 16.3. The molecule has 0 fully saturated rings. The van der Waals surface area contributed by atoms with E-state index in [0.717, 1.165) is 0 Å². The van der Waals surface area contributed by atoms with Gasteiger partial charge in [0.2, 0.25) is 5.70 Å². The minimum Gasteiger partial charge on any atom is -0.510 e. The lowest BCUT2D eigenvalue weighted by atomic mass is 10.3. The number of aliphatic hydroxyl groups is 1. The molecule has 0 atom stereocenters. The molecule has 0 unspecified atom stereocenters. The lowest BCUT2D eigenvalue weighted by Crippen LogP contribution is -2.23. The first-order valence-corrected chi connectivity index (χ1v) is 3.51. The Labute approximate surface area is 70.6 Å². The summed E-state index contributed by atoms with van der Waals surface area (Å²) < 4.78 is 0. The van der Waals surface area contributed by atoms with Crippen LogP contribution in [0.2, 0.25) is 0 Å². The highest BCUT2D eigenvalue weighted by Gasteiger charge is 2.16. The molecule has 0 aromatic rings. The fraction of sp³-hybridized carbons (Fsp3) is 0.571. The van der Waals surface area contributed by atoms with Crippen molar-refractivity contribution in [1.29, 1.82) is 0 Å². The quantitative estimate of drug-likeness (QED) is 0.392. The fourth-order valence-electron chi connectivity index (χ4n) is 0.594. The number of rotatable bonds is 3. The Kier molecular flexibility index (Phi) is 3.96.